The summed E-state index contributed by atoms with van der Waals surface area (Å²) in [5.74, 6) is -7.55. The van der Waals surface area contributed by atoms with Gasteiger partial charge in [-0.2, -0.15) is 15.0 Å². The van der Waals surface area contributed by atoms with Gasteiger partial charge in [0.25, 0.3) is 0 Å². The summed E-state index contributed by atoms with van der Waals surface area (Å²) in [6.45, 7) is 0.679. The van der Waals surface area contributed by atoms with Crippen LogP contribution in [0.1, 0.15) is 76.2 Å². The van der Waals surface area contributed by atoms with Crippen LogP contribution >= 0.6 is 0 Å². The van der Waals surface area contributed by atoms with Crippen LogP contribution < -0.4 is 31.5 Å². The second-order valence-corrected chi connectivity index (χ2v) is 18.8. The van der Waals surface area contributed by atoms with E-state index in [2.05, 4.69) is 41.5 Å². The van der Waals surface area contributed by atoms with Crippen molar-refractivity contribution in [1.29, 1.82) is 0 Å². The van der Waals surface area contributed by atoms with E-state index in [9.17, 15) is 73.8 Å². The Hall–Kier alpha value is -6.27. The number of unbranched alkanes of at least 4 members (excludes halogenated alkanes) is 5. The third-order valence-corrected chi connectivity index (χ3v) is 12.2. The molecule has 1 aliphatic heterocycles. The molecule has 0 spiro atoms. The molecule has 2 aromatic rings. The summed E-state index contributed by atoms with van der Waals surface area (Å²) in [5.41, 5.74) is 1.44. The standard InChI is InChI=1S/C48H75N13O16.Lu/c1-57(2)47-55-45(50-19-8-5-3-4-6-11-37(62)49-18-9-7-10-35(43(73)74)52-48(77)53-36(44(75)76)16-17-38(63)64)54-46(56-47)51-33-14-12-32(13-15-33)26-34-27-60(30-41(69)70)23-22-58(28-39(65)66)20-21-59(29-40(67)68)24-25-61(34)31-42(71)72;/h12-15,34-36H,3-11,16-31H2,1-2H3,(H,49,62)(H,63,64)(H,65,66)(H,67,68)(H,69,70)(H,71,72)(H,73,74)(H,75,76)(H2,52,53,77)(H2,50,51,54,55,56);. The number of aromatic nitrogens is 3. The van der Waals surface area contributed by atoms with Crippen molar-refractivity contribution in [1.82, 2.24) is 50.5 Å². The van der Waals surface area contributed by atoms with E-state index in [1.54, 1.807) is 50.7 Å². The Kier molecular flexibility index (Phi) is 32.0. The maximum Gasteiger partial charge on any atom is 0.326 e. The Morgan fingerprint density at radius 1 is 0.577 bits per heavy atom. The molecule has 1 radical (unpaired) electrons. The fourth-order valence-corrected chi connectivity index (χ4v) is 8.25. The summed E-state index contributed by atoms with van der Waals surface area (Å²) in [7, 11) is 3.58. The quantitative estimate of drug-likeness (QED) is 0.0418. The minimum absolute atomic E-state index is 0. The number of anilines is 4. The summed E-state index contributed by atoms with van der Waals surface area (Å²) in [5, 5.41) is 79.9. The van der Waals surface area contributed by atoms with Crippen molar-refractivity contribution in [2.75, 3.05) is 115 Å². The number of benzene rings is 1. The molecule has 0 bridgehead atoms. The molecule has 1 aromatic carbocycles. The van der Waals surface area contributed by atoms with Crippen molar-refractivity contribution < 1.29 is 116 Å². The second kappa shape index (κ2) is 36.8. The molecule has 12 N–H and O–H groups in total. The fraction of sp³-hybridized carbons (Fsp3) is 0.625. The van der Waals surface area contributed by atoms with E-state index in [1.165, 1.54) is 0 Å². The average molecular weight is 1270 g/mol. The van der Waals surface area contributed by atoms with Gasteiger partial charge in [-0.3, -0.25) is 48.4 Å². The molecule has 0 saturated carbocycles. The number of rotatable bonds is 34. The first-order valence-electron chi connectivity index (χ1n) is 25.4. The number of hydrogen-bond donors (Lipinski definition) is 12. The van der Waals surface area contributed by atoms with Gasteiger partial charge in [0, 0.05) is 134 Å². The molecule has 3 rings (SSSR count). The summed E-state index contributed by atoms with van der Waals surface area (Å²) >= 11 is 0. The van der Waals surface area contributed by atoms with Crippen LogP contribution in [0.4, 0.5) is 28.3 Å². The summed E-state index contributed by atoms with van der Waals surface area (Å²) in [6.07, 6.45) is 4.55. The van der Waals surface area contributed by atoms with Crippen LogP contribution in [0.3, 0.4) is 0 Å². The number of carbonyl (C=O) groups is 9. The Bertz CT molecular complexity index is 2270. The summed E-state index contributed by atoms with van der Waals surface area (Å²) in [4.78, 5) is 128. The third-order valence-electron chi connectivity index (χ3n) is 12.2. The number of carbonyl (C=O) groups excluding carboxylic acids is 2. The zero-order chi connectivity index (χ0) is 56.9. The molecular weight excluding hydrogens is 1190 g/mol. The minimum Gasteiger partial charge on any atom is -0.481 e. The number of amides is 3. The van der Waals surface area contributed by atoms with Gasteiger partial charge in [-0.15, -0.1) is 0 Å². The van der Waals surface area contributed by atoms with E-state index in [0.29, 0.717) is 62.8 Å². The number of urea groups is 1. The van der Waals surface area contributed by atoms with E-state index in [0.717, 1.165) is 31.2 Å². The molecule has 29 nitrogen and oxygen atoms in total. The van der Waals surface area contributed by atoms with Crippen molar-refractivity contribution in [3.8, 4) is 0 Å². The molecular formula is C48H75LuN13O16. The smallest absolute Gasteiger partial charge is 0.326 e. The Labute approximate surface area is 480 Å². The van der Waals surface area contributed by atoms with Crippen molar-refractivity contribution in [2.24, 2.45) is 0 Å². The molecule has 443 valence electrons. The van der Waals surface area contributed by atoms with Gasteiger partial charge in [-0.1, -0.05) is 31.4 Å². The number of nitrogens with zero attached hydrogens (tertiary/aromatic N) is 8. The van der Waals surface area contributed by atoms with Crippen molar-refractivity contribution in [3.63, 3.8) is 0 Å². The summed E-state index contributed by atoms with van der Waals surface area (Å²) < 4.78 is 0. The molecule has 1 aromatic heterocycles. The predicted octanol–water partition coefficient (Wildman–Crippen LogP) is 0.262. The third kappa shape index (κ3) is 28.9. The molecule has 3 unspecified atom stereocenters. The van der Waals surface area contributed by atoms with Crippen LogP contribution in [0, 0.1) is 36.9 Å². The van der Waals surface area contributed by atoms with Gasteiger partial charge >= 0.3 is 47.8 Å². The molecule has 30 heteroatoms. The van der Waals surface area contributed by atoms with Gasteiger partial charge in [-0.25, -0.2) is 14.4 Å². The van der Waals surface area contributed by atoms with Crippen molar-refractivity contribution in [2.45, 2.75) is 95.2 Å². The van der Waals surface area contributed by atoms with Crippen molar-refractivity contribution in [3.05, 3.63) is 29.8 Å². The van der Waals surface area contributed by atoms with E-state index in [1.807, 2.05) is 12.1 Å². The van der Waals surface area contributed by atoms with Gasteiger partial charge in [0.1, 0.15) is 12.1 Å². The van der Waals surface area contributed by atoms with Crippen LogP contribution in [-0.2, 0) is 44.8 Å². The first-order valence-corrected chi connectivity index (χ1v) is 25.4. The van der Waals surface area contributed by atoms with E-state index < -0.39 is 72.4 Å². The maximum atomic E-state index is 12.4. The van der Waals surface area contributed by atoms with Crippen LogP contribution in [0.2, 0.25) is 0 Å². The molecule has 0 aliphatic carbocycles. The zero-order valence-corrected chi connectivity index (χ0v) is 45.5. The van der Waals surface area contributed by atoms with E-state index >= 15 is 0 Å². The zero-order valence-electron chi connectivity index (χ0n) is 43.9. The van der Waals surface area contributed by atoms with Crippen LogP contribution in [0.25, 0.3) is 0 Å². The van der Waals surface area contributed by atoms with Crippen molar-refractivity contribution >= 4 is 77.3 Å². The monoisotopic (exact) mass is 1260 g/mol. The number of carboxylic acid groups (broad SMARTS) is 7. The average Bonchev–Trinajstić information content (AvgIpc) is 3.34. The largest absolute Gasteiger partial charge is 0.481 e. The van der Waals surface area contributed by atoms with E-state index in [-0.39, 0.29) is 134 Å². The second-order valence-electron chi connectivity index (χ2n) is 18.8. The first kappa shape index (κ1) is 67.8. The molecule has 3 atom stereocenters. The molecule has 3 amide bonds. The topological polar surface area (TPSA) is 410 Å². The molecule has 2 heterocycles. The SMILES string of the molecule is CN(C)c1nc(NCCCCCCCC(=O)NCCCCC(NC(=O)NC(CCC(=O)O)C(=O)O)C(=O)O)nc(Nc2ccc(CC3CN(CC(=O)O)CCN(CC(=O)O)CCN(CC(=O)O)CCN3CC(=O)O)cc2)n1.[Lu]. The molecule has 1 fully saturated rings. The Morgan fingerprint density at radius 2 is 1.09 bits per heavy atom. The first-order chi connectivity index (χ1) is 36.6. The van der Waals surface area contributed by atoms with Crippen LogP contribution in [0.15, 0.2) is 24.3 Å². The van der Waals surface area contributed by atoms with Gasteiger partial charge in [0.05, 0.1) is 26.2 Å². The van der Waals surface area contributed by atoms with E-state index in [4.69, 9.17) is 5.11 Å². The van der Waals surface area contributed by atoms with Gasteiger partial charge in [0.2, 0.25) is 23.8 Å². The van der Waals surface area contributed by atoms with Gasteiger partial charge < -0.3 is 67.2 Å². The number of hydrogen-bond acceptors (Lipinski definition) is 19. The van der Waals surface area contributed by atoms with Gasteiger partial charge in [-0.05, 0) is 62.6 Å². The Balaban J connectivity index is 0.0000208. The maximum absolute atomic E-state index is 12.4. The minimum atomic E-state index is -1.51. The summed E-state index contributed by atoms with van der Waals surface area (Å²) in [6, 6.07) is 2.89. The predicted molar refractivity (Wildman–Crippen MR) is 277 cm³/mol. The number of carboxylic acids is 7. The molecule has 78 heavy (non-hydrogen) atoms. The Morgan fingerprint density at radius 3 is 1.65 bits per heavy atom. The van der Waals surface area contributed by atoms with Gasteiger partial charge in [0.15, 0.2) is 0 Å². The fourth-order valence-electron chi connectivity index (χ4n) is 8.25. The van der Waals surface area contributed by atoms with Crippen LogP contribution in [0.5, 0.6) is 0 Å². The van der Waals surface area contributed by atoms with Crippen LogP contribution in [-0.4, -0.2) is 241 Å². The normalized spacial score (nSPS) is 15.6. The number of aliphatic carboxylic acids is 7. The molecule has 1 aliphatic rings. The number of nitrogens with one attached hydrogen (secondary N) is 5. The molecule has 1 saturated heterocycles.